The number of hydrogen-bond acceptors (Lipinski definition) is 5. The van der Waals surface area contributed by atoms with Gasteiger partial charge >= 0.3 is 6.18 Å². The highest BCUT2D eigenvalue weighted by Gasteiger charge is 2.36. The van der Waals surface area contributed by atoms with Crippen LogP contribution in [0.15, 0.2) is 36.4 Å². The predicted molar refractivity (Wildman–Crippen MR) is 135 cm³/mol. The smallest absolute Gasteiger partial charge is 0.372 e. The summed E-state index contributed by atoms with van der Waals surface area (Å²) in [5, 5.41) is 21.0. The van der Waals surface area contributed by atoms with Gasteiger partial charge in [0.1, 0.15) is 17.2 Å². The fourth-order valence-corrected chi connectivity index (χ4v) is 3.25. The molecule has 8 nitrogen and oxygen atoms in total. The molecule has 0 fully saturated rings. The van der Waals surface area contributed by atoms with Crippen LogP contribution in [0.5, 0.6) is 0 Å². The molecule has 0 saturated heterocycles. The number of aromatic nitrogens is 2. The summed E-state index contributed by atoms with van der Waals surface area (Å²) in [4.78, 5) is 25.8. The molecule has 0 aliphatic rings. The van der Waals surface area contributed by atoms with E-state index in [1.165, 1.54) is 39.0 Å². The normalized spacial score (nSPS) is 11.8. The molecule has 2 amide bonds. The summed E-state index contributed by atoms with van der Waals surface area (Å²) in [5.74, 6) is -1.90. The SMILES string of the molecule is C=CCN/C(=C/Cl)n1nc(C(F)(F)F)cc1C(=O)Nc1c(C)cc(Cl)cc1C(=O)NC(C)(C)O.CC. The van der Waals surface area contributed by atoms with E-state index in [9.17, 15) is 27.9 Å². The quantitative estimate of drug-likeness (QED) is 0.261. The Kier molecular flexibility index (Phi) is 11.0. The highest BCUT2D eigenvalue weighted by atomic mass is 35.5. The van der Waals surface area contributed by atoms with E-state index in [-0.39, 0.29) is 28.6 Å². The molecule has 0 atom stereocenters. The van der Waals surface area contributed by atoms with Gasteiger partial charge in [0.05, 0.1) is 11.3 Å². The van der Waals surface area contributed by atoms with E-state index in [0.29, 0.717) is 16.3 Å². The zero-order valence-electron chi connectivity index (χ0n) is 20.3. The predicted octanol–water partition coefficient (Wildman–Crippen LogP) is 5.37. The Morgan fingerprint density at radius 2 is 1.81 bits per heavy atom. The van der Waals surface area contributed by atoms with E-state index in [1.54, 1.807) is 0 Å². The standard InChI is InChI=1S/C21H22Cl2F3N5O3.C2H6/c1-5-6-27-16(10-22)31-14(9-15(30-31)21(24,25)26)19(33)28-17-11(2)7-12(23)8-13(17)18(32)29-20(3,4)34;1-2/h5,7-10,27,34H,1,6H2,2-4H3,(H,28,33)(H,29,32);1-2H3/b16-10-;. The maximum atomic E-state index is 13.3. The Morgan fingerprint density at radius 1 is 1.19 bits per heavy atom. The number of aliphatic hydroxyl groups is 1. The van der Waals surface area contributed by atoms with Crippen LogP contribution < -0.4 is 16.0 Å². The summed E-state index contributed by atoms with van der Waals surface area (Å²) in [6.07, 6.45) is -3.41. The van der Waals surface area contributed by atoms with Crippen molar-refractivity contribution in [2.75, 3.05) is 11.9 Å². The zero-order valence-corrected chi connectivity index (χ0v) is 21.9. The minimum atomic E-state index is -4.84. The second-order valence-corrected chi connectivity index (χ2v) is 8.26. The largest absolute Gasteiger partial charge is 0.435 e. The Morgan fingerprint density at radius 3 is 2.31 bits per heavy atom. The molecule has 2 rings (SSSR count). The van der Waals surface area contributed by atoms with Crippen LogP contribution in [0.4, 0.5) is 18.9 Å². The molecule has 1 aromatic heterocycles. The van der Waals surface area contributed by atoms with E-state index < -0.39 is 35.1 Å². The van der Waals surface area contributed by atoms with Gasteiger partial charge in [-0.05, 0) is 38.5 Å². The molecule has 0 aliphatic carbocycles. The summed E-state index contributed by atoms with van der Waals surface area (Å²) < 4.78 is 40.7. The molecule has 13 heteroatoms. The van der Waals surface area contributed by atoms with Crippen LogP contribution in [0.3, 0.4) is 0 Å². The average Bonchev–Trinajstić information content (AvgIpc) is 3.22. The van der Waals surface area contributed by atoms with Crippen molar-refractivity contribution < 1.29 is 27.9 Å². The highest BCUT2D eigenvalue weighted by Crippen LogP contribution is 2.31. The maximum Gasteiger partial charge on any atom is 0.435 e. The molecule has 1 heterocycles. The second kappa shape index (κ2) is 12.8. The lowest BCUT2D eigenvalue weighted by Gasteiger charge is -2.21. The van der Waals surface area contributed by atoms with Crippen molar-refractivity contribution in [1.29, 1.82) is 0 Å². The molecule has 4 N–H and O–H groups in total. The fourth-order valence-electron chi connectivity index (χ4n) is 2.81. The molecule has 198 valence electrons. The number of hydrogen-bond donors (Lipinski definition) is 4. The molecular formula is C23H28Cl2F3N5O3. The van der Waals surface area contributed by atoms with Crippen molar-refractivity contribution in [2.45, 2.75) is 46.5 Å². The first-order valence-electron chi connectivity index (χ1n) is 10.7. The molecule has 1 aromatic carbocycles. The van der Waals surface area contributed by atoms with Gasteiger partial charge in [-0.15, -0.1) is 6.58 Å². The number of rotatable bonds is 8. The van der Waals surface area contributed by atoms with Gasteiger partial charge in [0.2, 0.25) is 0 Å². The maximum absolute atomic E-state index is 13.3. The Hall–Kier alpha value is -3.02. The van der Waals surface area contributed by atoms with Gasteiger partial charge in [0, 0.05) is 23.2 Å². The van der Waals surface area contributed by atoms with E-state index in [1.807, 2.05) is 13.8 Å². The lowest BCUT2D eigenvalue weighted by Crippen LogP contribution is -2.43. The van der Waals surface area contributed by atoms with Crippen molar-refractivity contribution in [3.8, 4) is 0 Å². The van der Waals surface area contributed by atoms with Crippen LogP contribution in [-0.2, 0) is 6.18 Å². The number of amides is 2. The zero-order chi connectivity index (χ0) is 27.8. The first-order chi connectivity index (χ1) is 16.7. The van der Waals surface area contributed by atoms with Gasteiger partial charge in [-0.1, -0.05) is 43.1 Å². The minimum absolute atomic E-state index is 0.0205. The number of benzene rings is 1. The van der Waals surface area contributed by atoms with Gasteiger partial charge in [0.15, 0.2) is 5.69 Å². The first-order valence-corrected chi connectivity index (χ1v) is 11.5. The summed E-state index contributed by atoms with van der Waals surface area (Å²) >= 11 is 11.8. The molecule has 0 aliphatic heterocycles. The van der Waals surface area contributed by atoms with Crippen LogP contribution in [-0.4, -0.2) is 39.0 Å². The van der Waals surface area contributed by atoms with Crippen LogP contribution in [0.2, 0.25) is 5.02 Å². The highest BCUT2D eigenvalue weighted by molar-refractivity contribution is 6.31. The Balaban J connectivity index is 0.00000316. The van der Waals surface area contributed by atoms with Crippen LogP contribution in [0.1, 0.15) is 59.8 Å². The van der Waals surface area contributed by atoms with E-state index in [4.69, 9.17) is 23.2 Å². The monoisotopic (exact) mass is 549 g/mol. The molecular weight excluding hydrogens is 522 g/mol. The number of halogens is 5. The number of aryl methyl sites for hydroxylation is 1. The third-order valence-electron chi connectivity index (χ3n) is 4.19. The van der Waals surface area contributed by atoms with Crippen molar-refractivity contribution >= 4 is 46.5 Å². The number of nitrogens with one attached hydrogen (secondary N) is 3. The van der Waals surface area contributed by atoms with Crippen molar-refractivity contribution in [1.82, 2.24) is 20.4 Å². The van der Waals surface area contributed by atoms with Gasteiger partial charge < -0.3 is 21.1 Å². The number of carbonyl (C=O) groups excluding carboxylic acids is 2. The molecule has 0 saturated carbocycles. The number of nitrogens with zero attached hydrogens (tertiary/aromatic N) is 2. The van der Waals surface area contributed by atoms with Crippen molar-refractivity contribution in [3.05, 3.63) is 63.9 Å². The first kappa shape index (κ1) is 31.0. The summed E-state index contributed by atoms with van der Waals surface area (Å²) in [5.41, 5.74) is -2.30. The van der Waals surface area contributed by atoms with Crippen molar-refractivity contribution in [3.63, 3.8) is 0 Å². The fraction of sp³-hybridized carbons (Fsp3) is 0.348. The third-order valence-corrected chi connectivity index (χ3v) is 4.62. The molecule has 0 spiro atoms. The molecule has 0 unspecified atom stereocenters. The van der Waals surface area contributed by atoms with Crippen LogP contribution >= 0.6 is 23.2 Å². The van der Waals surface area contributed by atoms with Gasteiger partial charge in [-0.25, -0.2) is 4.68 Å². The average molecular weight is 550 g/mol. The summed E-state index contributed by atoms with van der Waals surface area (Å²) in [6.45, 7) is 11.8. The lowest BCUT2D eigenvalue weighted by molar-refractivity contribution is -0.141. The topological polar surface area (TPSA) is 108 Å². The Bertz CT molecular complexity index is 1140. The lowest BCUT2D eigenvalue weighted by atomic mass is 10.1. The number of carbonyl (C=O) groups is 2. The van der Waals surface area contributed by atoms with E-state index in [0.717, 1.165) is 5.54 Å². The minimum Gasteiger partial charge on any atom is -0.372 e. The van der Waals surface area contributed by atoms with E-state index in [2.05, 4.69) is 27.6 Å². The molecule has 0 bridgehead atoms. The van der Waals surface area contributed by atoms with Gasteiger partial charge in [-0.2, -0.15) is 18.3 Å². The molecule has 36 heavy (non-hydrogen) atoms. The number of alkyl halides is 3. The summed E-state index contributed by atoms with van der Waals surface area (Å²) in [7, 11) is 0. The third kappa shape index (κ3) is 8.28. The van der Waals surface area contributed by atoms with Gasteiger partial charge in [-0.3, -0.25) is 9.59 Å². The molecule has 2 aromatic rings. The Labute approximate surface area is 217 Å². The van der Waals surface area contributed by atoms with E-state index >= 15 is 0 Å². The van der Waals surface area contributed by atoms with Crippen molar-refractivity contribution in [2.24, 2.45) is 0 Å². The summed E-state index contributed by atoms with van der Waals surface area (Å²) in [6, 6.07) is 3.25. The second-order valence-electron chi connectivity index (χ2n) is 7.60. The van der Waals surface area contributed by atoms with Crippen LogP contribution in [0, 0.1) is 6.92 Å². The van der Waals surface area contributed by atoms with Gasteiger partial charge in [0.25, 0.3) is 11.8 Å². The van der Waals surface area contributed by atoms with Crippen LogP contribution in [0.25, 0.3) is 5.82 Å². The molecule has 0 radical (unpaired) electrons. The number of anilines is 1.